The first-order valence-electron chi connectivity index (χ1n) is 57.4. The van der Waals surface area contributed by atoms with Gasteiger partial charge in [0.15, 0.2) is 5.78 Å². The maximum atomic E-state index is 13.0. The zero-order valence-corrected chi connectivity index (χ0v) is 107. The molecule has 0 spiro atoms. The van der Waals surface area contributed by atoms with Gasteiger partial charge in [-0.25, -0.2) is 4.79 Å². The van der Waals surface area contributed by atoms with E-state index in [2.05, 4.69) is 421 Å². The van der Waals surface area contributed by atoms with Crippen molar-refractivity contribution in [2.24, 2.45) is 123 Å². The minimum Gasteiger partial charge on any atom is -0.466 e. The van der Waals surface area contributed by atoms with Crippen molar-refractivity contribution in [1.82, 2.24) is 10.6 Å². The Morgan fingerprint density at radius 3 is 0.959 bits per heavy atom. The Bertz CT molecular complexity index is 3260. The van der Waals surface area contributed by atoms with Gasteiger partial charge in [-0.2, -0.15) is 0 Å². The number of ether oxygens (including phenoxy) is 4. The van der Waals surface area contributed by atoms with Crippen LogP contribution in [0.15, 0.2) is 40.8 Å². The van der Waals surface area contributed by atoms with Crippen LogP contribution in [-0.2, 0) is 57.0 Å². The van der Waals surface area contributed by atoms with Gasteiger partial charge in [-0.1, -0.05) is 486 Å². The molecule has 0 fully saturated rings. The van der Waals surface area contributed by atoms with Crippen LogP contribution in [0.3, 0.4) is 0 Å². The summed E-state index contributed by atoms with van der Waals surface area (Å²) in [6, 6.07) is 12.0. The van der Waals surface area contributed by atoms with Crippen molar-refractivity contribution >= 4 is 23.5 Å². The third-order valence-electron chi connectivity index (χ3n) is 25.7. The lowest BCUT2D eigenvalue weighted by atomic mass is 9.76. The van der Waals surface area contributed by atoms with E-state index in [0.29, 0.717) is 149 Å². The highest BCUT2D eigenvalue weighted by Gasteiger charge is 2.31. The SMILES string of the molecule is C.C.C.CC(C)(C)CCC(C)(C)C.CC(C)(C)CCCCC(C)(C)C.CC(C)(C)CCCCCC(C)(C)C.CC(C)(C)CCOCCOCCOCCOCCC(C)(C)C.CC(C)(C)Cc1ccc(C(C)(C)C)cc1.CC(C)C(C)CC(C)(C)C.CC(C)CCC(=O)CC(C(=O)NC(CCCNC(N)=O)C(=O)CCCC(C)(C)C)C(C)C.CC(C)Cc1ccc(C(C)(C)C)o1.CC(CCCC(C)C(C)(C)C)C(C)(C)C. The fourth-order valence-corrected chi connectivity index (χ4v) is 14.4. The van der Waals surface area contributed by atoms with Gasteiger partial charge in [0.2, 0.25) is 5.91 Å². The number of furan rings is 1. The molecule has 0 aliphatic rings. The molecule has 2 aromatic rings. The molecule has 5 atom stereocenters. The Labute approximate surface area is 913 Å². The van der Waals surface area contributed by atoms with E-state index in [-0.39, 0.29) is 68.3 Å². The largest absolute Gasteiger partial charge is 0.466 e. The maximum absolute atomic E-state index is 13.0. The van der Waals surface area contributed by atoms with Gasteiger partial charge in [-0.3, -0.25) is 14.4 Å². The number of Topliss-reactive ketones (excluding diaryl/α,β-unsaturated/α-hetero) is 2. The van der Waals surface area contributed by atoms with Gasteiger partial charge < -0.3 is 39.7 Å². The van der Waals surface area contributed by atoms with Gasteiger partial charge in [0.1, 0.15) is 17.3 Å². The monoisotopic (exact) mass is 2060 g/mol. The molecule has 1 heterocycles. The molecule has 0 radical (unpaired) electrons. The number of unbranched alkanes of at least 4 members (excludes halogenated alkanes) is 3. The molecule has 0 bridgehead atoms. The van der Waals surface area contributed by atoms with Gasteiger partial charge in [0.25, 0.3) is 0 Å². The number of carbonyl (C=O) groups excluding carboxylic acids is 4. The molecule has 872 valence electrons. The lowest BCUT2D eigenvalue weighted by molar-refractivity contribution is -0.133. The van der Waals surface area contributed by atoms with Crippen LogP contribution in [0.4, 0.5) is 4.79 Å². The number of primary amides is 1. The zero-order valence-electron chi connectivity index (χ0n) is 107. The Hall–Kier alpha value is -3.58. The van der Waals surface area contributed by atoms with E-state index < -0.39 is 18.0 Å². The van der Waals surface area contributed by atoms with Crippen molar-refractivity contribution in [3.05, 3.63) is 59.0 Å². The van der Waals surface area contributed by atoms with E-state index in [9.17, 15) is 19.2 Å². The zero-order chi connectivity index (χ0) is 113. The molecule has 145 heavy (non-hydrogen) atoms. The number of benzene rings is 1. The topological polar surface area (TPSA) is 168 Å². The number of nitrogens with two attached hydrogens (primary N) is 1. The Balaban J connectivity index is -0.000000181. The van der Waals surface area contributed by atoms with Gasteiger partial charge >= 0.3 is 6.03 Å². The van der Waals surface area contributed by atoms with Crippen LogP contribution in [0.2, 0.25) is 0 Å². The number of rotatable bonds is 46. The number of urea groups is 1. The van der Waals surface area contributed by atoms with Crippen molar-refractivity contribution in [1.29, 1.82) is 0 Å². The average Bonchev–Trinajstić information content (AvgIpc) is 1.71. The van der Waals surface area contributed by atoms with Crippen molar-refractivity contribution < 1.29 is 42.5 Å². The molecule has 3 amide bonds. The smallest absolute Gasteiger partial charge is 0.312 e. The summed E-state index contributed by atoms with van der Waals surface area (Å²) >= 11 is 0. The molecule has 0 aliphatic carbocycles. The molecule has 4 N–H and O–H groups in total. The van der Waals surface area contributed by atoms with E-state index in [1.165, 1.54) is 107 Å². The second-order valence-corrected chi connectivity index (χ2v) is 61.9. The summed E-state index contributed by atoms with van der Waals surface area (Å²) in [5.41, 5.74) is 14.1. The van der Waals surface area contributed by atoms with Gasteiger partial charge in [-0.05, 0) is 237 Å². The number of amides is 3. The van der Waals surface area contributed by atoms with Crippen molar-refractivity contribution in [3.63, 3.8) is 0 Å². The Morgan fingerprint density at radius 2 is 0.683 bits per heavy atom. The van der Waals surface area contributed by atoms with Crippen LogP contribution in [0.5, 0.6) is 0 Å². The third kappa shape index (κ3) is 124. The molecule has 12 nitrogen and oxygen atoms in total. The molecular weight excluding hydrogens is 1780 g/mol. The van der Waals surface area contributed by atoms with E-state index in [0.717, 1.165) is 93.4 Å². The first-order valence-corrected chi connectivity index (χ1v) is 57.4. The molecule has 5 unspecified atom stereocenters. The highest BCUT2D eigenvalue weighted by molar-refractivity contribution is 5.92. The van der Waals surface area contributed by atoms with Crippen LogP contribution in [0.1, 0.15) is 593 Å². The van der Waals surface area contributed by atoms with E-state index in [1.807, 2.05) is 13.8 Å². The predicted octanol–water partition coefficient (Wildman–Crippen LogP) is 41.3. The third-order valence-corrected chi connectivity index (χ3v) is 25.7. The Morgan fingerprint density at radius 1 is 0.338 bits per heavy atom. The first kappa shape index (κ1) is 161. The summed E-state index contributed by atoms with van der Waals surface area (Å²) < 4.78 is 27.7. The van der Waals surface area contributed by atoms with Crippen molar-refractivity contribution in [2.45, 2.75) is 600 Å². The summed E-state index contributed by atoms with van der Waals surface area (Å²) in [6.07, 6.45) is 29.5. The molecular formula is C133H271N3O9. The van der Waals surface area contributed by atoms with E-state index >= 15 is 0 Å². The van der Waals surface area contributed by atoms with Crippen LogP contribution >= 0.6 is 0 Å². The van der Waals surface area contributed by atoms with Gasteiger partial charge in [0, 0.05) is 56.8 Å². The van der Waals surface area contributed by atoms with Crippen LogP contribution in [0.25, 0.3) is 0 Å². The number of hydrogen-bond acceptors (Lipinski definition) is 9. The molecule has 0 saturated carbocycles. The minimum absolute atomic E-state index is 0. The van der Waals surface area contributed by atoms with Gasteiger partial charge in [0.05, 0.1) is 45.7 Å². The molecule has 2 rings (SSSR count). The summed E-state index contributed by atoms with van der Waals surface area (Å²) in [7, 11) is 0. The quantitative estimate of drug-likeness (QED) is 0.0546. The lowest BCUT2D eigenvalue weighted by Gasteiger charge is -2.30. The fourth-order valence-electron chi connectivity index (χ4n) is 14.4. The molecule has 0 saturated heterocycles. The average molecular weight is 2060 g/mol. The molecule has 1 aromatic carbocycles. The fraction of sp³-hybridized carbons (Fsp3) is 0.895. The summed E-state index contributed by atoms with van der Waals surface area (Å²) in [5.74, 6) is 6.05. The number of carbonyl (C=O) groups is 4. The Kier molecular flexibility index (Phi) is 87.5. The summed E-state index contributed by atoms with van der Waals surface area (Å²) in [5, 5.41) is 5.44. The first-order chi connectivity index (χ1) is 63.5. The maximum Gasteiger partial charge on any atom is 0.312 e. The number of ketones is 2. The van der Waals surface area contributed by atoms with Crippen LogP contribution in [-0.4, -0.2) is 88.9 Å². The molecule has 0 aliphatic heterocycles. The normalized spacial score (nSPS) is 13.6. The summed E-state index contributed by atoms with van der Waals surface area (Å²) in [6.45, 7) is 133. The molecule has 1 aromatic heterocycles. The van der Waals surface area contributed by atoms with Crippen LogP contribution < -0.4 is 16.4 Å². The van der Waals surface area contributed by atoms with Crippen molar-refractivity contribution in [2.75, 3.05) is 59.4 Å². The second-order valence-electron chi connectivity index (χ2n) is 61.9. The van der Waals surface area contributed by atoms with E-state index in [4.69, 9.17) is 29.1 Å². The standard InChI is InChI=1S/C25H47N3O4.C18H38O4.C15H24.C15H32.C13H28.C12H20O.C12H26.2C10H22.3CH4/c1-17(2)12-13-19(29)16-20(18(3)4)23(31)28-21(10-9-15-27-24(26)32)22(30)11-8-14-25(5,6)7;1-17(2,3)7-9-19-11-13-21-15-16-22-14-12-20-10-8-18(4,5)6;1-14(2,3)11-12-7-9-13(10-8-12)15(4,5)6;1-12(14(3,4)5)10-9-11-13(2)15(6,7)8;1-12(2,3)10-8-7-9-11-13(4,5)6;1-9(2)8-10-6-7-11(13-10)12(3,4)5;1-11(2,3)9-7-8-10-12(4,5)6;1-9(2,3)7-8-10(4,5)6;1-8(2)9(3)7-10(4,5)6;;;/h17-18,20-21H,8-16H2,1-7H3,(H,28,31)(H3,26,27,32);7-16H2,1-6H3;7-10H,11H2,1-6H3;12-13H,9-11H2,1-8H3;7-11H2,1-6H3;6-7,9H,8H2,1-5H3;7-10H2,1-6H3;7-8H2,1-6H3;8-9H,7H2,1-6H3;3*1H4. The second kappa shape index (κ2) is 78.5. The van der Waals surface area contributed by atoms with Gasteiger partial charge in [-0.15, -0.1) is 0 Å². The predicted molar refractivity (Wildman–Crippen MR) is 652 cm³/mol. The number of hydrogen-bond donors (Lipinski definition) is 3. The highest BCUT2D eigenvalue weighted by atomic mass is 16.6. The van der Waals surface area contributed by atoms with E-state index in [1.54, 1.807) is 0 Å². The lowest BCUT2D eigenvalue weighted by Crippen LogP contribution is -2.45. The molecule has 12 heteroatoms. The highest BCUT2D eigenvalue weighted by Crippen LogP contribution is 2.37. The van der Waals surface area contributed by atoms with Crippen LogP contribution in [0, 0.1) is 118 Å². The minimum atomic E-state index is -0.621. The number of nitrogens with one attached hydrogen (secondary N) is 2. The van der Waals surface area contributed by atoms with Crippen molar-refractivity contribution in [3.8, 4) is 0 Å². The summed E-state index contributed by atoms with van der Waals surface area (Å²) in [4.78, 5) is 49.2.